The van der Waals surface area contributed by atoms with Crippen molar-refractivity contribution in [2.45, 2.75) is 4.90 Å². The maximum Gasteiger partial charge on any atom is 0.263 e. The van der Waals surface area contributed by atoms with E-state index in [1.165, 1.54) is 12.1 Å². The zero-order valence-corrected chi connectivity index (χ0v) is 13.7. The van der Waals surface area contributed by atoms with Gasteiger partial charge in [0.15, 0.2) is 0 Å². The Morgan fingerprint density at radius 2 is 1.71 bits per heavy atom. The normalized spacial score (nSPS) is 11.5. The van der Waals surface area contributed by atoms with Crippen LogP contribution in [0.5, 0.6) is 0 Å². The topological polar surface area (TPSA) is 51.1 Å². The van der Waals surface area contributed by atoms with Gasteiger partial charge in [0, 0.05) is 18.1 Å². The summed E-state index contributed by atoms with van der Waals surface area (Å²) < 4.78 is 55.7. The van der Waals surface area contributed by atoms with Crippen LogP contribution < -0.4 is 4.72 Å². The molecule has 0 saturated carbocycles. The molecule has 4 nitrogen and oxygen atoms in total. The number of anilines is 1. The van der Waals surface area contributed by atoms with E-state index in [2.05, 4.69) is 4.72 Å². The SMILES string of the molecule is O=S(=O)(Nc1cc(-n2cccc2)ccc1F)c1ccc(F)cc1Cl. The van der Waals surface area contributed by atoms with Crippen LogP contribution in [0.4, 0.5) is 14.5 Å². The molecule has 2 aromatic carbocycles. The molecule has 0 aliphatic rings. The maximum atomic E-state index is 14.0. The zero-order valence-electron chi connectivity index (χ0n) is 12.1. The minimum absolute atomic E-state index is 0.235. The molecule has 0 unspecified atom stereocenters. The van der Waals surface area contributed by atoms with Gasteiger partial charge >= 0.3 is 0 Å². The smallest absolute Gasteiger partial charge is 0.263 e. The molecule has 1 N–H and O–H groups in total. The van der Waals surface area contributed by atoms with Gasteiger partial charge in [0.1, 0.15) is 16.5 Å². The van der Waals surface area contributed by atoms with Crippen molar-refractivity contribution in [2.75, 3.05) is 4.72 Å². The molecule has 0 aliphatic heterocycles. The number of rotatable bonds is 4. The number of hydrogen-bond acceptors (Lipinski definition) is 2. The van der Waals surface area contributed by atoms with Crippen molar-refractivity contribution in [1.29, 1.82) is 0 Å². The molecule has 124 valence electrons. The first-order valence-corrected chi connectivity index (χ1v) is 8.64. The fourth-order valence-electron chi connectivity index (χ4n) is 2.15. The highest BCUT2D eigenvalue weighted by atomic mass is 35.5. The van der Waals surface area contributed by atoms with Crippen LogP contribution in [0.25, 0.3) is 5.69 Å². The van der Waals surface area contributed by atoms with Gasteiger partial charge in [0.25, 0.3) is 10.0 Å². The van der Waals surface area contributed by atoms with Crippen molar-refractivity contribution < 1.29 is 17.2 Å². The first-order chi connectivity index (χ1) is 11.4. The molecule has 24 heavy (non-hydrogen) atoms. The molecular weight excluding hydrogens is 358 g/mol. The van der Waals surface area contributed by atoms with Gasteiger partial charge < -0.3 is 4.57 Å². The summed E-state index contributed by atoms with van der Waals surface area (Å²) >= 11 is 5.78. The van der Waals surface area contributed by atoms with E-state index in [9.17, 15) is 17.2 Å². The highest BCUT2D eigenvalue weighted by molar-refractivity contribution is 7.92. The number of hydrogen-bond donors (Lipinski definition) is 1. The summed E-state index contributed by atoms with van der Waals surface area (Å²) in [5.41, 5.74) is 0.339. The van der Waals surface area contributed by atoms with E-state index >= 15 is 0 Å². The van der Waals surface area contributed by atoms with Crippen molar-refractivity contribution >= 4 is 27.3 Å². The van der Waals surface area contributed by atoms with E-state index in [1.54, 1.807) is 29.1 Å². The Balaban J connectivity index is 1.99. The lowest BCUT2D eigenvalue weighted by Crippen LogP contribution is -2.15. The highest BCUT2D eigenvalue weighted by Gasteiger charge is 2.20. The Bertz CT molecular complexity index is 989. The molecule has 0 bridgehead atoms. The van der Waals surface area contributed by atoms with Gasteiger partial charge in [-0.15, -0.1) is 0 Å². The van der Waals surface area contributed by atoms with Gasteiger partial charge in [0.05, 0.1) is 10.7 Å². The third kappa shape index (κ3) is 3.27. The molecule has 0 fully saturated rings. The average Bonchev–Trinajstić information content (AvgIpc) is 3.03. The molecular formula is C16H11ClF2N2O2S. The van der Waals surface area contributed by atoms with Gasteiger partial charge in [0.2, 0.25) is 0 Å². The van der Waals surface area contributed by atoms with E-state index in [0.717, 1.165) is 24.3 Å². The number of nitrogens with one attached hydrogen (secondary N) is 1. The summed E-state index contributed by atoms with van der Waals surface area (Å²) in [6.45, 7) is 0. The largest absolute Gasteiger partial charge is 0.324 e. The summed E-state index contributed by atoms with van der Waals surface area (Å²) in [7, 11) is -4.17. The van der Waals surface area contributed by atoms with Crippen molar-refractivity contribution in [1.82, 2.24) is 4.57 Å². The van der Waals surface area contributed by atoms with Crippen LogP contribution in [-0.2, 0) is 10.0 Å². The average molecular weight is 369 g/mol. The molecule has 0 aliphatic carbocycles. The first-order valence-electron chi connectivity index (χ1n) is 6.77. The van der Waals surface area contributed by atoms with E-state index in [0.29, 0.717) is 5.69 Å². The van der Waals surface area contributed by atoms with E-state index in [4.69, 9.17) is 11.6 Å². The van der Waals surface area contributed by atoms with Crippen LogP contribution >= 0.6 is 11.6 Å². The first kappa shape index (κ1) is 16.5. The van der Waals surface area contributed by atoms with Gasteiger partial charge in [-0.3, -0.25) is 4.72 Å². The van der Waals surface area contributed by atoms with Gasteiger partial charge in [-0.2, -0.15) is 0 Å². The molecule has 0 atom stereocenters. The second-order valence-corrected chi connectivity index (χ2v) is 6.99. The minimum Gasteiger partial charge on any atom is -0.324 e. The second kappa shape index (κ2) is 6.26. The second-order valence-electron chi connectivity index (χ2n) is 4.93. The number of aromatic nitrogens is 1. The number of benzene rings is 2. The van der Waals surface area contributed by atoms with Crippen LogP contribution in [0.2, 0.25) is 5.02 Å². The maximum absolute atomic E-state index is 14.0. The van der Waals surface area contributed by atoms with Crippen molar-refractivity contribution in [3.8, 4) is 5.69 Å². The van der Waals surface area contributed by atoms with Gasteiger partial charge in [-0.25, -0.2) is 17.2 Å². The molecule has 0 spiro atoms. The zero-order chi connectivity index (χ0) is 17.3. The fraction of sp³-hybridized carbons (Fsp3) is 0. The summed E-state index contributed by atoms with van der Waals surface area (Å²) in [6, 6.07) is 10.4. The molecule has 1 aromatic heterocycles. The Labute approximate surface area is 142 Å². The van der Waals surface area contributed by atoms with Crippen LogP contribution in [0, 0.1) is 11.6 Å². The van der Waals surface area contributed by atoms with E-state index in [-0.39, 0.29) is 15.6 Å². The summed E-state index contributed by atoms with van der Waals surface area (Å²) in [6.07, 6.45) is 3.48. The van der Waals surface area contributed by atoms with Crippen LogP contribution in [0.15, 0.2) is 65.8 Å². The van der Waals surface area contributed by atoms with Crippen LogP contribution in [0.1, 0.15) is 0 Å². The number of halogens is 3. The molecule has 3 aromatic rings. The lowest BCUT2D eigenvalue weighted by Gasteiger charge is -2.12. The minimum atomic E-state index is -4.17. The Hall–Kier alpha value is -2.38. The third-order valence-electron chi connectivity index (χ3n) is 3.28. The van der Waals surface area contributed by atoms with E-state index in [1.807, 2.05) is 0 Å². The molecule has 0 amide bonds. The summed E-state index contributed by atoms with van der Waals surface area (Å²) in [5.74, 6) is -1.41. The predicted molar refractivity (Wildman–Crippen MR) is 87.9 cm³/mol. The van der Waals surface area contributed by atoms with Crippen molar-refractivity contribution in [3.63, 3.8) is 0 Å². The Morgan fingerprint density at radius 3 is 2.38 bits per heavy atom. The molecule has 8 heteroatoms. The monoisotopic (exact) mass is 368 g/mol. The standard InChI is InChI=1S/C16H11ClF2N2O2S/c17-13-9-11(18)3-6-16(13)24(22,23)20-15-10-12(4-5-14(15)19)21-7-1-2-8-21/h1-10,20H. The van der Waals surface area contributed by atoms with Crippen molar-refractivity contribution in [3.05, 3.63) is 77.6 Å². The summed E-state index contributed by atoms with van der Waals surface area (Å²) in [4.78, 5) is -0.337. The molecule has 1 heterocycles. The van der Waals surface area contributed by atoms with E-state index < -0.39 is 21.7 Å². The lowest BCUT2D eigenvalue weighted by atomic mass is 10.2. The Kier molecular flexibility index (Phi) is 4.29. The lowest BCUT2D eigenvalue weighted by molar-refractivity contribution is 0.597. The predicted octanol–water partition coefficient (Wildman–Crippen LogP) is 4.21. The highest BCUT2D eigenvalue weighted by Crippen LogP contribution is 2.26. The van der Waals surface area contributed by atoms with Gasteiger partial charge in [-0.05, 0) is 48.5 Å². The number of nitrogens with zero attached hydrogens (tertiary/aromatic N) is 1. The van der Waals surface area contributed by atoms with Crippen molar-refractivity contribution in [2.24, 2.45) is 0 Å². The van der Waals surface area contributed by atoms with Crippen LogP contribution in [0.3, 0.4) is 0 Å². The third-order valence-corrected chi connectivity index (χ3v) is 5.13. The molecule has 3 rings (SSSR count). The molecule has 0 radical (unpaired) electrons. The van der Waals surface area contributed by atoms with Crippen LogP contribution in [-0.4, -0.2) is 13.0 Å². The number of sulfonamides is 1. The van der Waals surface area contributed by atoms with Gasteiger partial charge in [-0.1, -0.05) is 11.6 Å². The molecule has 0 saturated heterocycles. The quantitative estimate of drug-likeness (QED) is 0.750. The fourth-order valence-corrected chi connectivity index (χ4v) is 3.74. The Morgan fingerprint density at radius 1 is 1.00 bits per heavy atom. The summed E-state index contributed by atoms with van der Waals surface area (Å²) in [5, 5.41) is -0.288.